The second kappa shape index (κ2) is 9.35. The number of piperidine rings is 1. The number of ether oxygens (including phenoxy) is 1. The van der Waals surface area contributed by atoms with Gasteiger partial charge in [-0.2, -0.15) is 0 Å². The maximum atomic E-state index is 12.3. The van der Waals surface area contributed by atoms with Gasteiger partial charge in [0.2, 0.25) is 5.91 Å². The summed E-state index contributed by atoms with van der Waals surface area (Å²) < 4.78 is 7.43. The fraction of sp³-hybridized carbons (Fsp3) is 0.400. The Labute approximate surface area is 178 Å². The van der Waals surface area contributed by atoms with Crippen molar-refractivity contribution >= 4 is 22.5 Å². The van der Waals surface area contributed by atoms with Crippen LogP contribution in [0, 0.1) is 5.92 Å². The molecule has 0 aliphatic carbocycles. The van der Waals surface area contributed by atoms with Crippen LogP contribution in [0.5, 0.6) is 5.75 Å². The topological polar surface area (TPSA) is 46.5 Å². The molecular weight excluding hydrogens is 374 g/mol. The Morgan fingerprint density at radius 3 is 2.73 bits per heavy atom. The van der Waals surface area contributed by atoms with Crippen molar-refractivity contribution in [2.24, 2.45) is 13.0 Å². The lowest BCUT2D eigenvalue weighted by atomic mass is 9.92. The zero-order chi connectivity index (χ0) is 20.9. The number of aryl methyl sites for hydroxylation is 1. The smallest absolute Gasteiger partial charge is 0.224 e. The van der Waals surface area contributed by atoms with Crippen molar-refractivity contribution in [2.45, 2.75) is 32.2 Å². The lowest BCUT2D eigenvalue weighted by Gasteiger charge is -2.31. The molecule has 0 atom stereocenters. The third kappa shape index (κ3) is 4.85. The first-order valence-electron chi connectivity index (χ1n) is 10.8. The van der Waals surface area contributed by atoms with Gasteiger partial charge in [0, 0.05) is 48.9 Å². The largest absolute Gasteiger partial charge is 0.497 e. The van der Waals surface area contributed by atoms with Crippen LogP contribution in [-0.2, 0) is 18.4 Å². The molecule has 1 aliphatic rings. The molecule has 30 heavy (non-hydrogen) atoms. The summed E-state index contributed by atoms with van der Waals surface area (Å²) in [6.07, 6.45) is 6.12. The Morgan fingerprint density at radius 2 is 1.93 bits per heavy atom. The van der Waals surface area contributed by atoms with Crippen LogP contribution in [0.3, 0.4) is 0 Å². The number of benzene rings is 2. The van der Waals surface area contributed by atoms with Gasteiger partial charge in [0.15, 0.2) is 0 Å². The van der Waals surface area contributed by atoms with E-state index in [0.717, 1.165) is 50.3 Å². The zero-order valence-electron chi connectivity index (χ0n) is 17.9. The molecule has 0 saturated carbocycles. The number of amides is 1. The predicted octanol–water partition coefficient (Wildman–Crippen LogP) is 4.82. The van der Waals surface area contributed by atoms with E-state index < -0.39 is 0 Å². The van der Waals surface area contributed by atoms with E-state index in [2.05, 4.69) is 52.3 Å². The highest BCUT2D eigenvalue weighted by Crippen LogP contribution is 2.26. The number of para-hydroxylation sites is 1. The van der Waals surface area contributed by atoms with Gasteiger partial charge in [0.1, 0.15) is 5.75 Å². The molecule has 1 amide bonds. The van der Waals surface area contributed by atoms with Crippen LogP contribution in [0.4, 0.5) is 5.69 Å². The molecule has 1 aromatic heterocycles. The van der Waals surface area contributed by atoms with Crippen LogP contribution in [0.15, 0.2) is 54.7 Å². The molecule has 2 heterocycles. The first kappa shape index (κ1) is 20.5. The summed E-state index contributed by atoms with van der Waals surface area (Å²) in [5, 5.41) is 4.34. The number of carbonyl (C=O) groups is 1. The van der Waals surface area contributed by atoms with Crippen molar-refractivity contribution < 1.29 is 9.53 Å². The Balaban J connectivity index is 1.23. The molecule has 1 aliphatic heterocycles. The van der Waals surface area contributed by atoms with Gasteiger partial charge in [-0.15, -0.1) is 0 Å². The maximum absolute atomic E-state index is 12.3. The van der Waals surface area contributed by atoms with Crippen molar-refractivity contribution in [3.05, 3.63) is 60.3 Å². The van der Waals surface area contributed by atoms with Gasteiger partial charge in [0.25, 0.3) is 0 Å². The molecule has 4 rings (SSSR count). The van der Waals surface area contributed by atoms with Crippen molar-refractivity contribution in [3.63, 3.8) is 0 Å². The van der Waals surface area contributed by atoms with Gasteiger partial charge in [-0.05, 0) is 62.0 Å². The first-order chi connectivity index (χ1) is 14.6. The zero-order valence-corrected chi connectivity index (χ0v) is 17.9. The molecule has 5 nitrogen and oxygen atoms in total. The Morgan fingerprint density at radius 1 is 1.13 bits per heavy atom. The molecule has 2 aromatic carbocycles. The van der Waals surface area contributed by atoms with Gasteiger partial charge in [-0.3, -0.25) is 9.69 Å². The molecule has 158 valence electrons. The fourth-order valence-corrected chi connectivity index (χ4v) is 4.49. The van der Waals surface area contributed by atoms with Gasteiger partial charge in [-0.1, -0.05) is 24.3 Å². The monoisotopic (exact) mass is 405 g/mol. The number of aromatic nitrogens is 1. The van der Waals surface area contributed by atoms with E-state index in [9.17, 15) is 4.79 Å². The molecule has 0 unspecified atom stereocenters. The average Bonchev–Trinajstić information content (AvgIpc) is 3.09. The third-order valence-electron chi connectivity index (χ3n) is 6.21. The molecule has 1 N–H and O–H groups in total. The van der Waals surface area contributed by atoms with Gasteiger partial charge < -0.3 is 14.6 Å². The Hall–Kier alpha value is -2.79. The van der Waals surface area contributed by atoms with E-state index in [-0.39, 0.29) is 5.91 Å². The van der Waals surface area contributed by atoms with Crippen LogP contribution in [0.25, 0.3) is 10.9 Å². The second-order valence-corrected chi connectivity index (χ2v) is 8.32. The molecule has 5 heteroatoms. The van der Waals surface area contributed by atoms with Gasteiger partial charge >= 0.3 is 0 Å². The van der Waals surface area contributed by atoms with Crippen molar-refractivity contribution in [2.75, 3.05) is 25.5 Å². The maximum Gasteiger partial charge on any atom is 0.224 e. The summed E-state index contributed by atoms with van der Waals surface area (Å²) in [5.74, 6) is 1.47. The minimum atomic E-state index is 0.0847. The highest BCUT2D eigenvalue weighted by molar-refractivity contribution is 5.90. The number of carbonyl (C=O) groups excluding carboxylic acids is 1. The summed E-state index contributed by atoms with van der Waals surface area (Å²) >= 11 is 0. The van der Waals surface area contributed by atoms with Crippen LogP contribution >= 0.6 is 0 Å². The molecule has 0 spiro atoms. The van der Waals surface area contributed by atoms with E-state index in [1.54, 1.807) is 7.11 Å². The third-order valence-corrected chi connectivity index (χ3v) is 6.21. The van der Waals surface area contributed by atoms with Crippen molar-refractivity contribution in [1.29, 1.82) is 0 Å². The normalized spacial score (nSPS) is 15.4. The molecule has 3 aromatic rings. The lowest BCUT2D eigenvalue weighted by molar-refractivity contribution is -0.116. The number of hydrogen-bond donors (Lipinski definition) is 1. The summed E-state index contributed by atoms with van der Waals surface area (Å²) in [6.45, 7) is 3.21. The van der Waals surface area contributed by atoms with Crippen molar-refractivity contribution in [3.8, 4) is 5.75 Å². The number of hydrogen-bond acceptors (Lipinski definition) is 3. The van der Waals surface area contributed by atoms with Gasteiger partial charge in [0.05, 0.1) is 7.11 Å². The average molecular weight is 406 g/mol. The standard InChI is InChI=1S/C25H31N3O2/c1-27-17-20(23-8-3-4-9-24(23)27)18-28-14-12-19(13-15-28)10-11-25(29)26-21-6-5-7-22(16-21)30-2/h3-9,16-17,19H,10-15,18H2,1-2H3,(H,26,29). The number of nitrogens with zero attached hydrogens (tertiary/aromatic N) is 2. The number of likely N-dealkylation sites (tertiary alicyclic amines) is 1. The van der Waals surface area contributed by atoms with E-state index in [1.165, 1.54) is 16.5 Å². The first-order valence-corrected chi connectivity index (χ1v) is 10.8. The molecule has 0 radical (unpaired) electrons. The Kier molecular flexibility index (Phi) is 6.38. The SMILES string of the molecule is COc1cccc(NC(=O)CCC2CCN(Cc3cn(C)c4ccccc34)CC2)c1. The molecule has 1 saturated heterocycles. The predicted molar refractivity (Wildman–Crippen MR) is 122 cm³/mol. The minimum Gasteiger partial charge on any atom is -0.497 e. The molecular formula is C25H31N3O2. The molecule has 1 fully saturated rings. The fourth-order valence-electron chi connectivity index (χ4n) is 4.49. The minimum absolute atomic E-state index is 0.0847. The summed E-state index contributed by atoms with van der Waals surface area (Å²) in [5.41, 5.74) is 3.50. The van der Waals surface area contributed by atoms with Crippen LogP contribution in [-0.4, -0.2) is 35.6 Å². The van der Waals surface area contributed by atoms with E-state index in [4.69, 9.17) is 4.74 Å². The number of anilines is 1. The van der Waals surface area contributed by atoms with Crippen LogP contribution in [0.2, 0.25) is 0 Å². The Bertz CT molecular complexity index is 1000. The van der Waals surface area contributed by atoms with Crippen molar-refractivity contribution in [1.82, 2.24) is 9.47 Å². The number of rotatable bonds is 7. The highest BCUT2D eigenvalue weighted by Gasteiger charge is 2.21. The van der Waals surface area contributed by atoms with Crippen LogP contribution < -0.4 is 10.1 Å². The molecule has 0 bridgehead atoms. The number of nitrogens with one attached hydrogen (secondary N) is 1. The highest BCUT2D eigenvalue weighted by atomic mass is 16.5. The van der Waals surface area contributed by atoms with E-state index in [1.807, 2.05) is 24.3 Å². The lowest BCUT2D eigenvalue weighted by Crippen LogP contribution is -2.33. The number of fused-ring (bicyclic) bond motifs is 1. The number of methoxy groups -OCH3 is 1. The summed E-state index contributed by atoms with van der Waals surface area (Å²) in [4.78, 5) is 14.9. The summed E-state index contributed by atoms with van der Waals surface area (Å²) in [7, 11) is 3.75. The van der Waals surface area contributed by atoms with E-state index >= 15 is 0 Å². The quantitative estimate of drug-likeness (QED) is 0.613. The second-order valence-electron chi connectivity index (χ2n) is 8.32. The van der Waals surface area contributed by atoms with Gasteiger partial charge in [-0.25, -0.2) is 0 Å². The summed E-state index contributed by atoms with van der Waals surface area (Å²) in [6, 6.07) is 16.1. The van der Waals surface area contributed by atoms with E-state index in [0.29, 0.717) is 12.3 Å². The van der Waals surface area contributed by atoms with Crippen LogP contribution in [0.1, 0.15) is 31.2 Å².